The topological polar surface area (TPSA) is 76.2 Å². The smallest absolute Gasteiger partial charge is 0.254 e. The lowest BCUT2D eigenvalue weighted by atomic mass is 10.1. The van der Waals surface area contributed by atoms with Crippen molar-refractivity contribution in [3.05, 3.63) is 29.8 Å². The van der Waals surface area contributed by atoms with Crippen LogP contribution in [0.2, 0.25) is 0 Å². The van der Waals surface area contributed by atoms with Crippen molar-refractivity contribution in [1.29, 1.82) is 0 Å². The minimum absolute atomic E-state index is 0.0398. The maximum Gasteiger partial charge on any atom is 0.254 e. The number of morpholine rings is 2. The van der Waals surface area contributed by atoms with E-state index in [1.54, 1.807) is 17.0 Å². The summed E-state index contributed by atoms with van der Waals surface area (Å²) in [5.74, 6) is -0.152. The third-order valence-electron chi connectivity index (χ3n) is 4.57. The summed E-state index contributed by atoms with van der Waals surface area (Å²) in [6.07, 6.45) is 0.882. The first-order valence-corrected chi connectivity index (χ1v) is 10.0. The van der Waals surface area contributed by atoms with E-state index < -0.39 is 10.0 Å². The SMILES string of the molecule is CC[C@H]1CN(C(=O)c2cccc(S(=O)(=O)N3CCOCC3)c2)CCO1. The Morgan fingerprint density at radius 2 is 1.96 bits per heavy atom. The van der Waals surface area contributed by atoms with Crippen LogP contribution in [0.4, 0.5) is 0 Å². The molecule has 138 valence electrons. The standard InChI is InChI=1S/C17H24N2O5S/c1-2-15-13-18(6-11-24-15)17(20)14-4-3-5-16(12-14)25(21,22)19-7-9-23-10-8-19/h3-5,12,15H,2,6-11,13H2,1H3/t15-/m0/s1. The molecule has 2 fully saturated rings. The van der Waals surface area contributed by atoms with Gasteiger partial charge in [0, 0.05) is 31.7 Å². The Labute approximate surface area is 148 Å². The van der Waals surface area contributed by atoms with Gasteiger partial charge in [0.25, 0.3) is 5.91 Å². The average molecular weight is 368 g/mol. The Kier molecular flexibility index (Phi) is 5.73. The number of sulfonamides is 1. The summed E-state index contributed by atoms with van der Waals surface area (Å²) >= 11 is 0. The maximum atomic E-state index is 12.8. The lowest BCUT2D eigenvalue weighted by Crippen LogP contribution is -2.45. The van der Waals surface area contributed by atoms with Crippen LogP contribution >= 0.6 is 0 Å². The summed E-state index contributed by atoms with van der Waals surface area (Å²) in [6, 6.07) is 6.30. The molecule has 0 aromatic heterocycles. The second kappa shape index (κ2) is 7.82. The zero-order chi connectivity index (χ0) is 17.9. The summed E-state index contributed by atoms with van der Waals surface area (Å²) in [6.45, 7) is 5.05. The normalized spacial score (nSPS) is 22.8. The quantitative estimate of drug-likeness (QED) is 0.791. The molecule has 2 aliphatic heterocycles. The van der Waals surface area contributed by atoms with Gasteiger partial charge in [-0.1, -0.05) is 13.0 Å². The van der Waals surface area contributed by atoms with Crippen LogP contribution < -0.4 is 0 Å². The van der Waals surface area contributed by atoms with Crippen molar-refractivity contribution in [1.82, 2.24) is 9.21 Å². The Hall–Kier alpha value is -1.48. The zero-order valence-corrected chi connectivity index (χ0v) is 15.2. The average Bonchev–Trinajstić information content (AvgIpc) is 2.68. The molecule has 3 rings (SSSR count). The van der Waals surface area contributed by atoms with E-state index in [1.165, 1.54) is 16.4 Å². The van der Waals surface area contributed by atoms with Crippen LogP contribution in [0.1, 0.15) is 23.7 Å². The maximum absolute atomic E-state index is 12.8. The van der Waals surface area contributed by atoms with Crippen molar-refractivity contribution in [2.75, 3.05) is 46.0 Å². The summed E-state index contributed by atoms with van der Waals surface area (Å²) in [5, 5.41) is 0. The third kappa shape index (κ3) is 4.03. The van der Waals surface area contributed by atoms with Crippen molar-refractivity contribution >= 4 is 15.9 Å². The van der Waals surface area contributed by atoms with E-state index in [2.05, 4.69) is 0 Å². The zero-order valence-electron chi connectivity index (χ0n) is 14.4. The summed E-state index contributed by atoms with van der Waals surface area (Å²) in [7, 11) is -3.61. The van der Waals surface area contributed by atoms with Gasteiger partial charge in [-0.25, -0.2) is 8.42 Å². The molecule has 2 heterocycles. The molecular weight excluding hydrogens is 344 g/mol. The van der Waals surface area contributed by atoms with E-state index >= 15 is 0 Å². The molecule has 0 aliphatic carbocycles. The first-order valence-electron chi connectivity index (χ1n) is 8.61. The molecule has 2 saturated heterocycles. The molecule has 7 nitrogen and oxygen atoms in total. The van der Waals surface area contributed by atoms with Crippen molar-refractivity contribution in [2.24, 2.45) is 0 Å². The van der Waals surface area contributed by atoms with Gasteiger partial charge in [-0.15, -0.1) is 0 Å². The molecular formula is C17H24N2O5S. The summed E-state index contributed by atoms with van der Waals surface area (Å²) in [4.78, 5) is 14.6. The Morgan fingerprint density at radius 3 is 2.68 bits per heavy atom. The van der Waals surface area contributed by atoms with Gasteiger partial charge in [0.05, 0.1) is 30.8 Å². The lowest BCUT2D eigenvalue weighted by Gasteiger charge is -2.32. The number of hydrogen-bond donors (Lipinski definition) is 0. The highest BCUT2D eigenvalue weighted by Crippen LogP contribution is 2.20. The highest BCUT2D eigenvalue weighted by molar-refractivity contribution is 7.89. The second-order valence-corrected chi connectivity index (χ2v) is 8.13. The largest absolute Gasteiger partial charge is 0.379 e. The van der Waals surface area contributed by atoms with E-state index in [0.29, 0.717) is 51.6 Å². The van der Waals surface area contributed by atoms with Crippen LogP contribution in [0.3, 0.4) is 0 Å². The van der Waals surface area contributed by atoms with E-state index in [-0.39, 0.29) is 16.9 Å². The second-order valence-electron chi connectivity index (χ2n) is 6.20. The molecule has 0 bridgehead atoms. The monoisotopic (exact) mass is 368 g/mol. The Morgan fingerprint density at radius 1 is 1.20 bits per heavy atom. The fourth-order valence-corrected chi connectivity index (χ4v) is 4.51. The van der Waals surface area contributed by atoms with Crippen molar-refractivity contribution < 1.29 is 22.7 Å². The van der Waals surface area contributed by atoms with E-state index in [4.69, 9.17) is 9.47 Å². The highest BCUT2D eigenvalue weighted by Gasteiger charge is 2.28. The predicted molar refractivity (Wildman–Crippen MR) is 92.0 cm³/mol. The summed E-state index contributed by atoms with van der Waals surface area (Å²) < 4.78 is 37.7. The van der Waals surface area contributed by atoms with Crippen LogP contribution in [-0.4, -0.2) is 75.6 Å². The molecule has 0 unspecified atom stereocenters. The highest BCUT2D eigenvalue weighted by atomic mass is 32.2. The number of carbonyl (C=O) groups is 1. The van der Waals surface area contributed by atoms with Gasteiger partial charge in [-0.3, -0.25) is 4.79 Å². The molecule has 1 amide bonds. The molecule has 1 atom stereocenters. The van der Waals surface area contributed by atoms with Crippen molar-refractivity contribution in [3.8, 4) is 0 Å². The Bertz CT molecular complexity index is 716. The van der Waals surface area contributed by atoms with Gasteiger partial charge in [0.15, 0.2) is 0 Å². The van der Waals surface area contributed by atoms with Crippen molar-refractivity contribution in [3.63, 3.8) is 0 Å². The van der Waals surface area contributed by atoms with Crippen LogP contribution in [-0.2, 0) is 19.5 Å². The third-order valence-corrected chi connectivity index (χ3v) is 6.46. The molecule has 2 aliphatic rings. The van der Waals surface area contributed by atoms with Crippen molar-refractivity contribution in [2.45, 2.75) is 24.3 Å². The number of carbonyl (C=O) groups excluding carboxylic acids is 1. The fourth-order valence-electron chi connectivity index (χ4n) is 3.06. The molecule has 0 radical (unpaired) electrons. The first-order chi connectivity index (χ1) is 12.0. The minimum Gasteiger partial charge on any atom is -0.379 e. The van der Waals surface area contributed by atoms with Gasteiger partial charge in [0.1, 0.15) is 0 Å². The Balaban J connectivity index is 1.80. The minimum atomic E-state index is -3.61. The first kappa shape index (κ1) is 18.3. The number of ether oxygens (including phenoxy) is 2. The van der Waals surface area contributed by atoms with Gasteiger partial charge in [0.2, 0.25) is 10.0 Å². The van der Waals surface area contributed by atoms with Gasteiger partial charge in [-0.05, 0) is 24.6 Å². The van der Waals surface area contributed by atoms with Crippen LogP contribution in [0.25, 0.3) is 0 Å². The molecule has 0 N–H and O–H groups in total. The fraction of sp³-hybridized carbons (Fsp3) is 0.588. The lowest BCUT2D eigenvalue weighted by molar-refractivity contribution is -0.0226. The summed E-state index contributed by atoms with van der Waals surface area (Å²) in [5.41, 5.74) is 0.395. The van der Waals surface area contributed by atoms with Crippen LogP contribution in [0, 0.1) is 0 Å². The van der Waals surface area contributed by atoms with Gasteiger partial charge in [-0.2, -0.15) is 4.31 Å². The number of amides is 1. The van der Waals surface area contributed by atoms with E-state index in [9.17, 15) is 13.2 Å². The molecule has 25 heavy (non-hydrogen) atoms. The number of benzene rings is 1. The van der Waals surface area contributed by atoms with E-state index in [1.807, 2.05) is 6.92 Å². The number of hydrogen-bond acceptors (Lipinski definition) is 5. The number of rotatable bonds is 4. The van der Waals surface area contributed by atoms with Gasteiger partial charge >= 0.3 is 0 Å². The predicted octanol–water partition coefficient (Wildman–Crippen LogP) is 0.958. The molecule has 0 saturated carbocycles. The van der Waals surface area contributed by atoms with Crippen LogP contribution in [0.5, 0.6) is 0 Å². The molecule has 8 heteroatoms. The molecule has 1 aromatic rings. The molecule has 1 aromatic carbocycles. The number of nitrogens with zero attached hydrogens (tertiary/aromatic N) is 2. The molecule has 0 spiro atoms. The van der Waals surface area contributed by atoms with E-state index in [0.717, 1.165) is 6.42 Å². The van der Waals surface area contributed by atoms with Gasteiger partial charge < -0.3 is 14.4 Å². The van der Waals surface area contributed by atoms with Crippen LogP contribution in [0.15, 0.2) is 29.2 Å².